The normalized spacial score (nSPS) is 10.2. The van der Waals surface area contributed by atoms with Crippen molar-refractivity contribution in [2.24, 2.45) is 0 Å². The standard InChI is InChI=1S/C16H16O4/c17-14-7-5-12(6-8-14)9-10-20-16(19)11-13-3-1-2-4-15(13)18/h1-8,17-18H,9-11H2. The maximum atomic E-state index is 11.6. The summed E-state index contributed by atoms with van der Waals surface area (Å²) in [5.74, 6) is -0.0569. The Morgan fingerprint density at radius 2 is 1.70 bits per heavy atom. The highest BCUT2D eigenvalue weighted by Gasteiger charge is 2.08. The zero-order chi connectivity index (χ0) is 14.4. The Hall–Kier alpha value is -2.49. The van der Waals surface area contributed by atoms with Crippen LogP contribution in [0.2, 0.25) is 0 Å². The second-order valence-electron chi connectivity index (χ2n) is 4.44. The van der Waals surface area contributed by atoms with E-state index in [2.05, 4.69) is 0 Å². The van der Waals surface area contributed by atoms with E-state index in [1.54, 1.807) is 48.5 Å². The minimum atomic E-state index is -0.370. The Bertz CT molecular complexity index is 575. The van der Waals surface area contributed by atoms with Crippen LogP contribution in [0, 0.1) is 0 Å². The first-order valence-corrected chi connectivity index (χ1v) is 6.35. The van der Waals surface area contributed by atoms with Gasteiger partial charge in [-0.1, -0.05) is 30.3 Å². The Morgan fingerprint density at radius 1 is 1.00 bits per heavy atom. The maximum Gasteiger partial charge on any atom is 0.310 e. The monoisotopic (exact) mass is 272 g/mol. The molecule has 0 aliphatic rings. The molecule has 4 heteroatoms. The second-order valence-corrected chi connectivity index (χ2v) is 4.44. The van der Waals surface area contributed by atoms with E-state index in [1.807, 2.05) is 0 Å². The molecule has 0 amide bonds. The van der Waals surface area contributed by atoms with Crippen molar-refractivity contribution in [2.75, 3.05) is 6.61 Å². The number of phenolic OH excluding ortho intramolecular Hbond substituents is 2. The van der Waals surface area contributed by atoms with Gasteiger partial charge in [-0.3, -0.25) is 4.79 Å². The first-order chi connectivity index (χ1) is 9.65. The summed E-state index contributed by atoms with van der Waals surface area (Å²) >= 11 is 0. The number of phenols is 2. The zero-order valence-corrected chi connectivity index (χ0v) is 11.0. The molecule has 104 valence electrons. The number of benzene rings is 2. The average Bonchev–Trinajstić information content (AvgIpc) is 2.44. The third-order valence-corrected chi connectivity index (χ3v) is 2.92. The molecule has 20 heavy (non-hydrogen) atoms. The minimum Gasteiger partial charge on any atom is -0.508 e. The summed E-state index contributed by atoms with van der Waals surface area (Å²) in [6.07, 6.45) is 0.648. The summed E-state index contributed by atoms with van der Waals surface area (Å²) in [6.45, 7) is 0.275. The molecule has 0 atom stereocenters. The predicted octanol–water partition coefficient (Wildman–Crippen LogP) is 2.43. The van der Waals surface area contributed by atoms with Gasteiger partial charge < -0.3 is 14.9 Å². The van der Waals surface area contributed by atoms with Gasteiger partial charge in [0.15, 0.2) is 0 Å². The summed E-state index contributed by atoms with van der Waals surface area (Å²) in [4.78, 5) is 11.6. The van der Waals surface area contributed by atoms with Gasteiger partial charge in [0.1, 0.15) is 11.5 Å². The molecule has 0 aliphatic heterocycles. The molecular formula is C16H16O4. The highest BCUT2D eigenvalue weighted by molar-refractivity contribution is 5.73. The molecule has 0 spiro atoms. The molecule has 0 aliphatic carbocycles. The van der Waals surface area contributed by atoms with E-state index in [9.17, 15) is 9.90 Å². The molecule has 2 rings (SSSR count). The van der Waals surface area contributed by atoms with Crippen molar-refractivity contribution in [1.29, 1.82) is 0 Å². The lowest BCUT2D eigenvalue weighted by Gasteiger charge is -2.06. The fraction of sp³-hybridized carbons (Fsp3) is 0.188. The van der Waals surface area contributed by atoms with Crippen LogP contribution in [0.25, 0.3) is 0 Å². The van der Waals surface area contributed by atoms with Gasteiger partial charge in [0.05, 0.1) is 13.0 Å². The fourth-order valence-corrected chi connectivity index (χ4v) is 1.81. The number of aromatic hydroxyl groups is 2. The summed E-state index contributed by atoms with van der Waals surface area (Å²) in [6, 6.07) is 13.5. The number of para-hydroxylation sites is 1. The Labute approximate surface area is 117 Å². The SMILES string of the molecule is O=C(Cc1ccccc1O)OCCc1ccc(O)cc1. The van der Waals surface area contributed by atoms with Crippen LogP contribution in [-0.4, -0.2) is 22.8 Å². The number of carbonyl (C=O) groups excluding carboxylic acids is 1. The zero-order valence-electron chi connectivity index (χ0n) is 11.0. The van der Waals surface area contributed by atoms with Gasteiger partial charge in [-0.2, -0.15) is 0 Å². The largest absolute Gasteiger partial charge is 0.508 e. The molecule has 0 heterocycles. The lowest BCUT2D eigenvalue weighted by molar-refractivity contribution is -0.142. The number of ether oxygens (including phenoxy) is 1. The summed E-state index contributed by atoms with van der Waals surface area (Å²) in [5.41, 5.74) is 1.54. The van der Waals surface area contributed by atoms with Gasteiger partial charge in [0.2, 0.25) is 0 Å². The van der Waals surface area contributed by atoms with Crippen molar-refractivity contribution < 1.29 is 19.7 Å². The molecule has 0 saturated heterocycles. The molecule has 0 aromatic heterocycles. The molecule has 0 unspecified atom stereocenters. The highest BCUT2D eigenvalue weighted by Crippen LogP contribution is 2.16. The van der Waals surface area contributed by atoms with Gasteiger partial charge in [0.25, 0.3) is 0 Å². The third-order valence-electron chi connectivity index (χ3n) is 2.92. The van der Waals surface area contributed by atoms with Crippen molar-refractivity contribution in [2.45, 2.75) is 12.8 Å². The van der Waals surface area contributed by atoms with Crippen LogP contribution >= 0.6 is 0 Å². The van der Waals surface area contributed by atoms with Crippen LogP contribution < -0.4 is 0 Å². The predicted molar refractivity (Wildman–Crippen MR) is 74.6 cm³/mol. The van der Waals surface area contributed by atoms with Crippen molar-refractivity contribution in [3.63, 3.8) is 0 Å². The number of carbonyl (C=O) groups is 1. The van der Waals surface area contributed by atoms with Crippen LogP contribution in [0.15, 0.2) is 48.5 Å². The molecule has 0 bridgehead atoms. The van der Waals surface area contributed by atoms with Crippen molar-refractivity contribution in [1.82, 2.24) is 0 Å². The Balaban J connectivity index is 1.78. The van der Waals surface area contributed by atoms with E-state index in [0.29, 0.717) is 12.0 Å². The number of esters is 1. The van der Waals surface area contributed by atoms with Crippen LogP contribution in [0.1, 0.15) is 11.1 Å². The number of rotatable bonds is 5. The van der Waals surface area contributed by atoms with Gasteiger partial charge in [-0.15, -0.1) is 0 Å². The van der Waals surface area contributed by atoms with E-state index in [-0.39, 0.29) is 30.5 Å². The fourth-order valence-electron chi connectivity index (χ4n) is 1.81. The first-order valence-electron chi connectivity index (χ1n) is 6.35. The molecule has 0 radical (unpaired) electrons. The maximum absolute atomic E-state index is 11.6. The van der Waals surface area contributed by atoms with Crippen LogP contribution in [-0.2, 0) is 22.4 Å². The smallest absolute Gasteiger partial charge is 0.310 e. The molecular weight excluding hydrogens is 256 g/mol. The Morgan fingerprint density at radius 3 is 2.40 bits per heavy atom. The van der Waals surface area contributed by atoms with E-state index in [0.717, 1.165) is 5.56 Å². The number of hydrogen-bond acceptors (Lipinski definition) is 4. The van der Waals surface area contributed by atoms with Gasteiger partial charge >= 0.3 is 5.97 Å². The van der Waals surface area contributed by atoms with Gasteiger partial charge in [-0.05, 0) is 23.8 Å². The summed E-state index contributed by atoms with van der Waals surface area (Å²) in [5, 5.41) is 18.7. The van der Waals surface area contributed by atoms with Gasteiger partial charge in [0, 0.05) is 12.0 Å². The topological polar surface area (TPSA) is 66.8 Å². The van der Waals surface area contributed by atoms with E-state index in [1.165, 1.54) is 0 Å². The summed E-state index contributed by atoms with van der Waals surface area (Å²) in [7, 11) is 0. The lowest BCUT2D eigenvalue weighted by atomic mass is 10.1. The first kappa shape index (κ1) is 13.9. The van der Waals surface area contributed by atoms with E-state index in [4.69, 9.17) is 9.84 Å². The van der Waals surface area contributed by atoms with Crippen molar-refractivity contribution in [3.05, 3.63) is 59.7 Å². The third kappa shape index (κ3) is 4.02. The van der Waals surface area contributed by atoms with Crippen molar-refractivity contribution in [3.8, 4) is 11.5 Å². The highest BCUT2D eigenvalue weighted by atomic mass is 16.5. The molecule has 2 aromatic rings. The molecule has 0 fully saturated rings. The Kier molecular flexibility index (Phi) is 4.60. The molecule has 0 saturated carbocycles. The van der Waals surface area contributed by atoms with E-state index >= 15 is 0 Å². The quantitative estimate of drug-likeness (QED) is 0.820. The average molecular weight is 272 g/mol. The molecule has 2 aromatic carbocycles. The second kappa shape index (κ2) is 6.61. The lowest BCUT2D eigenvalue weighted by Crippen LogP contribution is -2.10. The van der Waals surface area contributed by atoms with E-state index < -0.39 is 0 Å². The van der Waals surface area contributed by atoms with Crippen LogP contribution in [0.3, 0.4) is 0 Å². The number of hydrogen-bond donors (Lipinski definition) is 2. The van der Waals surface area contributed by atoms with Crippen LogP contribution in [0.4, 0.5) is 0 Å². The molecule has 2 N–H and O–H groups in total. The minimum absolute atomic E-state index is 0.0578. The van der Waals surface area contributed by atoms with Crippen LogP contribution in [0.5, 0.6) is 11.5 Å². The van der Waals surface area contributed by atoms with Crippen molar-refractivity contribution >= 4 is 5.97 Å². The van der Waals surface area contributed by atoms with Gasteiger partial charge in [-0.25, -0.2) is 0 Å². The summed E-state index contributed by atoms with van der Waals surface area (Å²) < 4.78 is 5.12. The molecule has 4 nitrogen and oxygen atoms in total.